The molecule has 1 aliphatic carbocycles. The third kappa shape index (κ3) is 6.09. The van der Waals surface area contributed by atoms with Crippen molar-refractivity contribution in [3.05, 3.63) is 36.2 Å². The Morgan fingerprint density at radius 1 is 1.11 bits per heavy atom. The molecule has 1 aliphatic rings. The lowest BCUT2D eigenvalue weighted by atomic mass is 9.91. The topological polar surface area (TPSA) is 46.8 Å². The van der Waals surface area contributed by atoms with E-state index >= 15 is 0 Å². The molecule has 2 aromatic rings. The van der Waals surface area contributed by atoms with E-state index in [2.05, 4.69) is 27.5 Å². The van der Waals surface area contributed by atoms with Gasteiger partial charge in [-0.1, -0.05) is 62.5 Å². The predicted molar refractivity (Wildman–Crippen MR) is 113 cm³/mol. The first-order valence-corrected chi connectivity index (χ1v) is 10.7. The largest absolute Gasteiger partial charge is 0.369 e. The average molecular weight is 386 g/mol. The summed E-state index contributed by atoms with van der Waals surface area (Å²) < 4.78 is 1.82. The van der Waals surface area contributed by atoms with Crippen LogP contribution in [0.25, 0.3) is 5.69 Å². The van der Waals surface area contributed by atoms with E-state index in [0.717, 1.165) is 48.2 Å². The quantitative estimate of drug-likeness (QED) is 0.652. The van der Waals surface area contributed by atoms with Crippen LogP contribution < -0.4 is 0 Å². The molecule has 1 saturated carbocycles. The van der Waals surface area contributed by atoms with Gasteiger partial charge in [0.05, 0.1) is 10.7 Å². The van der Waals surface area contributed by atoms with Gasteiger partial charge in [0.1, 0.15) is 0 Å². The van der Waals surface area contributed by atoms with Crippen LogP contribution in [0, 0.1) is 5.92 Å². The van der Waals surface area contributed by atoms with E-state index in [4.69, 9.17) is 12.2 Å². The van der Waals surface area contributed by atoms with Crippen molar-refractivity contribution in [1.29, 1.82) is 0 Å². The number of hydrogen-bond donors (Lipinski definition) is 0. The van der Waals surface area contributed by atoms with Crippen LogP contribution in [-0.4, -0.2) is 43.7 Å². The van der Waals surface area contributed by atoms with Crippen LogP contribution in [0.1, 0.15) is 63.6 Å². The number of tetrazole rings is 1. The normalized spacial score (nSPS) is 15.9. The smallest absolute Gasteiger partial charge is 0.156 e. The zero-order valence-electron chi connectivity index (χ0n) is 16.4. The Bertz CT molecular complexity index is 692. The predicted octanol–water partition coefficient (Wildman–Crippen LogP) is 4.60. The lowest BCUT2D eigenvalue weighted by Crippen LogP contribution is -2.31. The highest BCUT2D eigenvalue weighted by Gasteiger charge is 2.15. The summed E-state index contributed by atoms with van der Waals surface area (Å²) in [5, 5.41) is 12.2. The lowest BCUT2D eigenvalue weighted by molar-refractivity contribution is 0.312. The molecule has 1 fully saturated rings. The summed E-state index contributed by atoms with van der Waals surface area (Å²) in [7, 11) is 2.16. The Labute approximate surface area is 168 Å². The molecule has 0 radical (unpaired) electrons. The maximum atomic E-state index is 5.69. The molecule has 0 saturated heterocycles. The van der Waals surface area contributed by atoms with E-state index in [0.29, 0.717) is 0 Å². The van der Waals surface area contributed by atoms with Crippen LogP contribution in [0.4, 0.5) is 0 Å². The average Bonchev–Trinajstić information content (AvgIpc) is 3.13. The van der Waals surface area contributed by atoms with Gasteiger partial charge in [-0.15, -0.1) is 5.10 Å². The van der Waals surface area contributed by atoms with Gasteiger partial charge in [0.15, 0.2) is 5.82 Å². The number of nitrogens with zero attached hydrogens (tertiary/aromatic N) is 5. The molecule has 146 valence electrons. The van der Waals surface area contributed by atoms with E-state index in [9.17, 15) is 0 Å². The third-order valence-corrected chi connectivity index (χ3v) is 6.02. The molecule has 1 aromatic carbocycles. The molecule has 0 N–H and O–H groups in total. The monoisotopic (exact) mass is 385 g/mol. The second-order valence-corrected chi connectivity index (χ2v) is 8.15. The van der Waals surface area contributed by atoms with E-state index < -0.39 is 0 Å². The van der Waals surface area contributed by atoms with Gasteiger partial charge in [-0.3, -0.25) is 0 Å². The Morgan fingerprint density at radius 3 is 2.56 bits per heavy atom. The van der Waals surface area contributed by atoms with Crippen LogP contribution in [0.5, 0.6) is 0 Å². The summed E-state index contributed by atoms with van der Waals surface area (Å²) in [6.07, 6.45) is 12.4. The number of benzene rings is 1. The van der Waals surface area contributed by atoms with Crippen LogP contribution >= 0.6 is 12.2 Å². The summed E-state index contributed by atoms with van der Waals surface area (Å²) in [5.74, 6) is 1.70. The molecule has 27 heavy (non-hydrogen) atoms. The molecule has 5 nitrogen and oxygen atoms in total. The Balaban J connectivity index is 1.45. The molecule has 0 atom stereocenters. The van der Waals surface area contributed by atoms with E-state index in [1.807, 2.05) is 35.0 Å². The van der Waals surface area contributed by atoms with Crippen molar-refractivity contribution in [1.82, 2.24) is 25.1 Å². The second-order valence-electron chi connectivity index (χ2n) is 7.68. The number of aryl methyl sites for hydroxylation is 1. The first-order valence-electron chi connectivity index (χ1n) is 10.3. The van der Waals surface area contributed by atoms with Gasteiger partial charge < -0.3 is 4.90 Å². The number of hydrogen-bond acceptors (Lipinski definition) is 4. The summed E-state index contributed by atoms with van der Waals surface area (Å²) in [5.41, 5.74) is 1.00. The first-order chi connectivity index (χ1) is 13.2. The van der Waals surface area contributed by atoms with Gasteiger partial charge >= 0.3 is 0 Å². The standard InChI is InChI=1S/C21H31N5S/c1-25(17-18-11-6-3-2-4-7-12-18)21(27)16-10-15-20-22-23-24-26(20)19-13-8-5-9-14-19/h5,8-9,13-14,18H,2-4,6-7,10-12,15-17H2,1H3. The van der Waals surface area contributed by atoms with E-state index in [1.165, 1.54) is 44.9 Å². The summed E-state index contributed by atoms with van der Waals surface area (Å²) in [6.45, 7) is 1.11. The molecule has 1 heterocycles. The highest BCUT2D eigenvalue weighted by atomic mass is 32.1. The van der Waals surface area contributed by atoms with Crippen LogP contribution in [0.15, 0.2) is 30.3 Å². The number of thiocarbonyl (C=S) groups is 1. The Hall–Kier alpha value is -1.82. The fourth-order valence-corrected chi connectivity index (χ4v) is 4.15. The zero-order chi connectivity index (χ0) is 18.9. The number of para-hydroxylation sites is 1. The summed E-state index contributed by atoms with van der Waals surface area (Å²) >= 11 is 5.69. The molecular formula is C21H31N5S. The number of aromatic nitrogens is 4. The Kier molecular flexibility index (Phi) is 7.75. The minimum atomic E-state index is 0.804. The van der Waals surface area contributed by atoms with Crippen molar-refractivity contribution in [3.8, 4) is 5.69 Å². The van der Waals surface area contributed by atoms with Crippen molar-refractivity contribution in [2.24, 2.45) is 5.92 Å². The fraction of sp³-hybridized carbons (Fsp3) is 0.619. The van der Waals surface area contributed by atoms with Gasteiger partial charge in [-0.2, -0.15) is 4.68 Å². The van der Waals surface area contributed by atoms with Gasteiger partial charge in [0.2, 0.25) is 0 Å². The van der Waals surface area contributed by atoms with E-state index in [-0.39, 0.29) is 0 Å². The molecule has 6 heteroatoms. The molecule has 3 rings (SSSR count). The van der Waals surface area contributed by atoms with Crippen LogP contribution in [0.2, 0.25) is 0 Å². The fourth-order valence-electron chi connectivity index (χ4n) is 3.93. The highest BCUT2D eigenvalue weighted by Crippen LogP contribution is 2.23. The van der Waals surface area contributed by atoms with Crippen LogP contribution in [-0.2, 0) is 6.42 Å². The van der Waals surface area contributed by atoms with Crippen LogP contribution in [0.3, 0.4) is 0 Å². The Morgan fingerprint density at radius 2 is 1.81 bits per heavy atom. The molecule has 0 amide bonds. The number of rotatable bonds is 7. The van der Waals surface area contributed by atoms with Crippen molar-refractivity contribution >= 4 is 17.2 Å². The van der Waals surface area contributed by atoms with Gasteiger partial charge in [-0.25, -0.2) is 0 Å². The molecule has 0 unspecified atom stereocenters. The summed E-state index contributed by atoms with van der Waals surface area (Å²) in [6, 6.07) is 10.0. The first kappa shape index (κ1) is 19.9. The van der Waals surface area contributed by atoms with E-state index in [1.54, 1.807) is 0 Å². The van der Waals surface area contributed by atoms with Gasteiger partial charge in [0, 0.05) is 20.0 Å². The molecule has 0 spiro atoms. The maximum Gasteiger partial charge on any atom is 0.156 e. The zero-order valence-corrected chi connectivity index (χ0v) is 17.2. The minimum Gasteiger partial charge on any atom is -0.369 e. The summed E-state index contributed by atoms with van der Waals surface area (Å²) in [4.78, 5) is 3.37. The molecular weight excluding hydrogens is 354 g/mol. The molecule has 1 aromatic heterocycles. The second kappa shape index (κ2) is 10.5. The van der Waals surface area contributed by atoms with Crippen molar-refractivity contribution in [3.63, 3.8) is 0 Å². The van der Waals surface area contributed by atoms with Crippen molar-refractivity contribution in [2.45, 2.75) is 64.2 Å². The lowest BCUT2D eigenvalue weighted by Gasteiger charge is -2.27. The highest BCUT2D eigenvalue weighted by molar-refractivity contribution is 7.80. The molecule has 0 bridgehead atoms. The molecule has 0 aliphatic heterocycles. The minimum absolute atomic E-state index is 0.804. The van der Waals surface area contributed by atoms with Gasteiger partial charge in [0.25, 0.3) is 0 Å². The SMILES string of the molecule is CN(CC1CCCCCCC1)C(=S)CCCc1nnnn1-c1ccccc1. The third-order valence-electron chi connectivity index (χ3n) is 5.51. The van der Waals surface area contributed by atoms with Gasteiger partial charge in [-0.05, 0) is 54.2 Å². The van der Waals surface area contributed by atoms with Crippen molar-refractivity contribution < 1.29 is 0 Å². The van der Waals surface area contributed by atoms with Crippen molar-refractivity contribution in [2.75, 3.05) is 13.6 Å². The maximum absolute atomic E-state index is 5.69.